The van der Waals surface area contributed by atoms with Gasteiger partial charge in [0.25, 0.3) is 0 Å². The predicted octanol–water partition coefficient (Wildman–Crippen LogP) is 1.52. The summed E-state index contributed by atoms with van der Waals surface area (Å²) >= 11 is 0. The molecular weight excluding hydrogens is 242 g/mol. The molecule has 0 amide bonds. The first-order valence-corrected chi connectivity index (χ1v) is 4.23. The zero-order valence-electron chi connectivity index (χ0n) is 8.30. The Balaban J connectivity index is 0.000000245. The minimum Gasteiger partial charge on any atom is -0.872 e. The Morgan fingerprint density at radius 1 is 0.533 bits per heavy atom. The second-order valence-corrected chi connectivity index (χ2v) is 2.63. The van der Waals surface area contributed by atoms with Gasteiger partial charge >= 0.3 is 19.5 Å². The van der Waals surface area contributed by atoms with Crippen molar-refractivity contribution in [1.82, 2.24) is 0 Å². The molecule has 0 saturated heterocycles. The van der Waals surface area contributed by atoms with Crippen molar-refractivity contribution in [2.75, 3.05) is 0 Å². The molecule has 0 aromatic heterocycles. The van der Waals surface area contributed by atoms with Gasteiger partial charge in [0.05, 0.1) is 0 Å². The summed E-state index contributed by atoms with van der Waals surface area (Å²) < 4.78 is 0. The molecule has 2 nitrogen and oxygen atoms in total. The maximum absolute atomic E-state index is 10.3. The molecule has 2 aromatic rings. The van der Waals surface area contributed by atoms with E-state index in [0.29, 0.717) is 0 Å². The zero-order valence-corrected chi connectivity index (χ0v) is 11.3. The van der Waals surface area contributed by atoms with Crippen LogP contribution in [0.25, 0.3) is 0 Å². The van der Waals surface area contributed by atoms with Crippen LogP contribution in [0.1, 0.15) is 0 Å². The second kappa shape index (κ2) is 8.01. The third-order valence-corrected chi connectivity index (χ3v) is 1.49. The second-order valence-electron chi connectivity index (χ2n) is 2.63. The Kier molecular flexibility index (Phi) is 7.30. The van der Waals surface area contributed by atoms with Crippen LogP contribution in [0.3, 0.4) is 0 Å². The molecule has 0 saturated carbocycles. The SMILES string of the molecule is [O-]c1ccccc1.[O-]c1ccccc1.[Zn+2]. The molecule has 0 atom stereocenters. The molecule has 0 unspecified atom stereocenters. The first-order valence-electron chi connectivity index (χ1n) is 4.23. The van der Waals surface area contributed by atoms with E-state index < -0.39 is 0 Å². The maximum atomic E-state index is 10.3. The largest absolute Gasteiger partial charge is 2.00 e. The smallest absolute Gasteiger partial charge is 0.872 e. The Hall–Kier alpha value is -1.34. The first kappa shape index (κ1) is 13.7. The van der Waals surface area contributed by atoms with Crippen LogP contribution in [0, 0.1) is 0 Å². The fraction of sp³-hybridized carbons (Fsp3) is 0. The minimum absolute atomic E-state index is 0. The average Bonchev–Trinajstić information content (AvgIpc) is 2.21. The molecule has 15 heavy (non-hydrogen) atoms. The van der Waals surface area contributed by atoms with Gasteiger partial charge in [-0.2, -0.15) is 0 Å². The van der Waals surface area contributed by atoms with Crippen molar-refractivity contribution >= 4 is 0 Å². The topological polar surface area (TPSA) is 46.1 Å². The molecule has 2 rings (SSSR count). The molecule has 0 radical (unpaired) electrons. The summed E-state index contributed by atoms with van der Waals surface area (Å²) in [7, 11) is 0. The van der Waals surface area contributed by atoms with Crippen LogP contribution in [-0.2, 0) is 19.5 Å². The number of hydrogen-bond acceptors (Lipinski definition) is 2. The third kappa shape index (κ3) is 6.70. The molecule has 0 heterocycles. The molecular formula is C12H10O2Zn. The van der Waals surface area contributed by atoms with Gasteiger partial charge in [-0.3, -0.25) is 0 Å². The van der Waals surface area contributed by atoms with E-state index in [1.165, 1.54) is 24.3 Å². The van der Waals surface area contributed by atoms with Crippen LogP contribution in [0.2, 0.25) is 0 Å². The Bertz CT molecular complexity index is 311. The quantitative estimate of drug-likeness (QED) is 0.667. The van der Waals surface area contributed by atoms with Gasteiger partial charge in [0.1, 0.15) is 0 Å². The molecule has 3 heteroatoms. The van der Waals surface area contributed by atoms with Crippen molar-refractivity contribution in [3.05, 3.63) is 60.7 Å². The van der Waals surface area contributed by atoms with E-state index in [1.807, 2.05) is 12.1 Å². The van der Waals surface area contributed by atoms with Crippen LogP contribution in [-0.4, -0.2) is 0 Å². The summed E-state index contributed by atoms with van der Waals surface area (Å²) in [5.74, 6) is 0.144. The van der Waals surface area contributed by atoms with Crippen LogP contribution in [0.4, 0.5) is 0 Å². The summed E-state index contributed by atoms with van der Waals surface area (Å²) in [6, 6.07) is 16.7. The van der Waals surface area contributed by atoms with E-state index in [-0.39, 0.29) is 31.0 Å². The van der Waals surface area contributed by atoms with Gasteiger partial charge in [0.2, 0.25) is 0 Å². The molecule has 72 valence electrons. The number of rotatable bonds is 0. The zero-order chi connectivity index (χ0) is 10.2. The molecule has 2 aromatic carbocycles. The van der Waals surface area contributed by atoms with Crippen molar-refractivity contribution in [3.63, 3.8) is 0 Å². The van der Waals surface area contributed by atoms with E-state index in [4.69, 9.17) is 0 Å². The fourth-order valence-corrected chi connectivity index (χ4v) is 0.841. The standard InChI is InChI=1S/2C6H6O.Zn/c2*7-6-4-2-1-3-5-6;/h2*1-5,7H;/q;;+2/p-2. The third-order valence-electron chi connectivity index (χ3n) is 1.49. The van der Waals surface area contributed by atoms with Gasteiger partial charge in [0.15, 0.2) is 0 Å². The first-order chi connectivity index (χ1) is 6.79. The summed E-state index contributed by atoms with van der Waals surface area (Å²) in [5, 5.41) is 20.5. The summed E-state index contributed by atoms with van der Waals surface area (Å²) in [4.78, 5) is 0. The van der Waals surface area contributed by atoms with Gasteiger partial charge in [-0.25, -0.2) is 0 Å². The van der Waals surface area contributed by atoms with Gasteiger partial charge in [0, 0.05) is 0 Å². The van der Waals surface area contributed by atoms with Gasteiger partial charge in [-0.15, -0.1) is 11.5 Å². The summed E-state index contributed by atoms with van der Waals surface area (Å²) in [6.45, 7) is 0. The molecule has 0 fully saturated rings. The van der Waals surface area contributed by atoms with Gasteiger partial charge < -0.3 is 10.2 Å². The van der Waals surface area contributed by atoms with Crippen molar-refractivity contribution in [2.24, 2.45) is 0 Å². The van der Waals surface area contributed by atoms with Crippen LogP contribution >= 0.6 is 0 Å². The van der Waals surface area contributed by atoms with E-state index in [9.17, 15) is 10.2 Å². The normalized spacial score (nSPS) is 8.00. The maximum Gasteiger partial charge on any atom is 2.00 e. The van der Waals surface area contributed by atoms with E-state index in [0.717, 1.165) is 0 Å². The fourth-order valence-electron chi connectivity index (χ4n) is 0.841. The van der Waals surface area contributed by atoms with Crippen molar-refractivity contribution < 1.29 is 29.7 Å². The molecule has 0 aliphatic rings. The average molecular weight is 252 g/mol. The van der Waals surface area contributed by atoms with E-state index in [1.54, 1.807) is 24.3 Å². The molecule has 0 bridgehead atoms. The molecule has 0 aliphatic heterocycles. The van der Waals surface area contributed by atoms with E-state index in [2.05, 4.69) is 0 Å². The summed E-state index contributed by atoms with van der Waals surface area (Å²) in [6.07, 6.45) is 0. The van der Waals surface area contributed by atoms with Crippen molar-refractivity contribution in [3.8, 4) is 11.5 Å². The monoisotopic (exact) mass is 250 g/mol. The molecule has 0 aliphatic carbocycles. The Morgan fingerprint density at radius 3 is 0.933 bits per heavy atom. The minimum atomic E-state index is 0. The van der Waals surface area contributed by atoms with Gasteiger partial charge in [-0.1, -0.05) is 60.7 Å². The van der Waals surface area contributed by atoms with Crippen molar-refractivity contribution in [1.29, 1.82) is 0 Å². The number of hydrogen-bond donors (Lipinski definition) is 0. The van der Waals surface area contributed by atoms with Crippen LogP contribution < -0.4 is 10.2 Å². The van der Waals surface area contributed by atoms with Crippen molar-refractivity contribution in [2.45, 2.75) is 0 Å². The van der Waals surface area contributed by atoms with Crippen LogP contribution in [0.5, 0.6) is 11.5 Å². The van der Waals surface area contributed by atoms with Gasteiger partial charge in [-0.05, 0) is 0 Å². The Labute approximate surface area is 102 Å². The number of para-hydroxylation sites is 2. The Morgan fingerprint density at radius 2 is 0.800 bits per heavy atom. The van der Waals surface area contributed by atoms with Crippen LogP contribution in [0.15, 0.2) is 60.7 Å². The predicted molar refractivity (Wildman–Crippen MR) is 51.8 cm³/mol. The van der Waals surface area contributed by atoms with E-state index >= 15 is 0 Å². The summed E-state index contributed by atoms with van der Waals surface area (Å²) in [5.41, 5.74) is 0. The molecule has 0 spiro atoms. The number of benzene rings is 2. The molecule has 0 N–H and O–H groups in total.